The molecule has 1 saturated heterocycles. The quantitative estimate of drug-likeness (QED) is 0.705. The summed E-state index contributed by atoms with van der Waals surface area (Å²) in [4.78, 5) is 34.1. The number of benzene rings is 2. The second-order valence-electron chi connectivity index (χ2n) is 7.43. The predicted octanol–water partition coefficient (Wildman–Crippen LogP) is 2.55. The molecule has 1 aromatic heterocycles. The fourth-order valence-electron chi connectivity index (χ4n) is 3.77. The lowest BCUT2D eigenvalue weighted by Crippen LogP contribution is -2.44. The van der Waals surface area contributed by atoms with Gasteiger partial charge in [0.15, 0.2) is 0 Å². The lowest BCUT2D eigenvalue weighted by atomic mass is 10.0. The fraction of sp³-hybridized carbons (Fsp3) is 0.318. The van der Waals surface area contributed by atoms with Crippen LogP contribution in [0.1, 0.15) is 23.2 Å². The molecule has 4 rings (SSSR count). The number of nitrogens with zero attached hydrogens (tertiary/aromatic N) is 4. The highest BCUT2D eigenvalue weighted by atomic mass is 16.2. The van der Waals surface area contributed by atoms with Gasteiger partial charge in [-0.2, -0.15) is 0 Å². The van der Waals surface area contributed by atoms with Crippen molar-refractivity contribution < 1.29 is 4.79 Å². The van der Waals surface area contributed by atoms with Crippen molar-refractivity contribution in [3.05, 3.63) is 70.8 Å². The Balaban J connectivity index is 1.56. The van der Waals surface area contributed by atoms with Crippen molar-refractivity contribution in [2.24, 2.45) is 0 Å². The third-order valence-corrected chi connectivity index (χ3v) is 5.61. The van der Waals surface area contributed by atoms with Gasteiger partial charge in [0, 0.05) is 18.7 Å². The molecule has 0 aliphatic carbocycles. The van der Waals surface area contributed by atoms with E-state index < -0.39 is 0 Å². The molecule has 2 aromatic carbocycles. The largest absolute Gasteiger partial charge is 0.339 e. The summed E-state index contributed by atoms with van der Waals surface area (Å²) in [6, 6.07) is 14.7. The Morgan fingerprint density at radius 1 is 1.07 bits per heavy atom. The molecule has 2 heterocycles. The van der Waals surface area contributed by atoms with E-state index in [0.717, 1.165) is 25.9 Å². The molecular weight excluding hydrogens is 352 g/mol. The smallest absolute Gasteiger partial charge is 0.265 e. The maximum Gasteiger partial charge on any atom is 0.265 e. The van der Waals surface area contributed by atoms with Gasteiger partial charge in [-0.1, -0.05) is 12.1 Å². The van der Waals surface area contributed by atoms with Crippen LogP contribution in [0.25, 0.3) is 16.6 Å². The highest BCUT2D eigenvalue weighted by molar-refractivity contribution is 5.94. The summed E-state index contributed by atoms with van der Waals surface area (Å²) < 4.78 is 1.51. The zero-order valence-corrected chi connectivity index (χ0v) is 16.2. The van der Waals surface area contributed by atoms with E-state index in [2.05, 4.69) is 16.9 Å². The monoisotopic (exact) mass is 376 g/mol. The first-order chi connectivity index (χ1) is 13.5. The van der Waals surface area contributed by atoms with Crippen LogP contribution in [-0.2, 0) is 0 Å². The molecule has 0 atom stereocenters. The van der Waals surface area contributed by atoms with Crippen molar-refractivity contribution in [1.29, 1.82) is 0 Å². The summed E-state index contributed by atoms with van der Waals surface area (Å²) in [5, 5.41) is 0.576. The van der Waals surface area contributed by atoms with Crippen LogP contribution in [0.15, 0.2) is 59.7 Å². The third-order valence-electron chi connectivity index (χ3n) is 5.61. The molecule has 3 aromatic rings. The Labute approximate surface area is 164 Å². The summed E-state index contributed by atoms with van der Waals surface area (Å²) >= 11 is 0. The maximum atomic E-state index is 12.8. The highest BCUT2D eigenvalue weighted by Gasteiger charge is 2.24. The lowest BCUT2D eigenvalue weighted by Gasteiger charge is -2.35. The van der Waals surface area contributed by atoms with Gasteiger partial charge in [0.05, 0.1) is 16.6 Å². The minimum absolute atomic E-state index is 0.0186. The zero-order chi connectivity index (χ0) is 19.7. The van der Waals surface area contributed by atoms with Crippen molar-refractivity contribution >= 4 is 16.8 Å². The van der Waals surface area contributed by atoms with Crippen molar-refractivity contribution in [2.75, 3.05) is 27.2 Å². The van der Waals surface area contributed by atoms with Gasteiger partial charge in [0.25, 0.3) is 11.5 Å². The molecule has 1 aliphatic rings. The predicted molar refractivity (Wildman–Crippen MR) is 110 cm³/mol. The number of hydrogen-bond acceptors (Lipinski definition) is 4. The molecule has 1 aliphatic heterocycles. The van der Waals surface area contributed by atoms with E-state index in [1.54, 1.807) is 30.3 Å². The number of para-hydroxylation sites is 1. The molecule has 6 heteroatoms. The molecule has 1 fully saturated rings. The minimum atomic E-state index is -0.117. The van der Waals surface area contributed by atoms with E-state index in [0.29, 0.717) is 22.2 Å². The van der Waals surface area contributed by atoms with Crippen molar-refractivity contribution in [3.63, 3.8) is 0 Å². The second kappa shape index (κ2) is 7.56. The topological polar surface area (TPSA) is 58.4 Å². The van der Waals surface area contributed by atoms with Crippen LogP contribution in [0, 0.1) is 0 Å². The van der Waals surface area contributed by atoms with Gasteiger partial charge in [-0.3, -0.25) is 14.2 Å². The summed E-state index contributed by atoms with van der Waals surface area (Å²) in [5.41, 5.74) is 1.89. The number of fused-ring (bicyclic) bond motifs is 1. The molecule has 0 saturated carbocycles. The van der Waals surface area contributed by atoms with Gasteiger partial charge >= 0.3 is 0 Å². The average molecular weight is 376 g/mol. The van der Waals surface area contributed by atoms with Crippen LogP contribution in [0.3, 0.4) is 0 Å². The maximum absolute atomic E-state index is 12.8. The molecule has 0 unspecified atom stereocenters. The number of amides is 1. The second-order valence-corrected chi connectivity index (χ2v) is 7.43. The number of rotatable bonds is 3. The molecule has 0 spiro atoms. The summed E-state index contributed by atoms with van der Waals surface area (Å²) in [6.45, 7) is 2.03. The van der Waals surface area contributed by atoms with E-state index in [1.807, 2.05) is 30.1 Å². The van der Waals surface area contributed by atoms with E-state index >= 15 is 0 Å². The van der Waals surface area contributed by atoms with Crippen LogP contribution < -0.4 is 5.56 Å². The van der Waals surface area contributed by atoms with Crippen molar-refractivity contribution in [2.45, 2.75) is 18.9 Å². The molecule has 0 radical (unpaired) electrons. The van der Waals surface area contributed by atoms with Crippen LogP contribution in [0.5, 0.6) is 0 Å². The molecule has 0 bridgehead atoms. The first kappa shape index (κ1) is 18.4. The molecule has 0 N–H and O–H groups in total. The fourth-order valence-corrected chi connectivity index (χ4v) is 3.77. The van der Waals surface area contributed by atoms with Gasteiger partial charge in [0.2, 0.25) is 0 Å². The van der Waals surface area contributed by atoms with E-state index in [4.69, 9.17) is 0 Å². The number of piperidine rings is 1. The number of likely N-dealkylation sites (tertiary alicyclic amines) is 1. The first-order valence-corrected chi connectivity index (χ1v) is 9.57. The Morgan fingerprint density at radius 2 is 1.75 bits per heavy atom. The van der Waals surface area contributed by atoms with Crippen molar-refractivity contribution in [1.82, 2.24) is 19.4 Å². The summed E-state index contributed by atoms with van der Waals surface area (Å²) in [7, 11) is 3.99. The van der Waals surface area contributed by atoms with E-state index in [1.165, 1.54) is 10.9 Å². The van der Waals surface area contributed by atoms with E-state index in [-0.39, 0.29) is 17.5 Å². The highest BCUT2D eigenvalue weighted by Crippen LogP contribution is 2.18. The Hall–Kier alpha value is -2.99. The van der Waals surface area contributed by atoms with Gasteiger partial charge in [0.1, 0.15) is 6.33 Å². The minimum Gasteiger partial charge on any atom is -0.339 e. The summed E-state index contributed by atoms with van der Waals surface area (Å²) in [5.74, 6) is 0.0186. The molecular formula is C22H24N4O2. The van der Waals surface area contributed by atoms with Crippen LogP contribution in [-0.4, -0.2) is 58.5 Å². The van der Waals surface area contributed by atoms with Crippen molar-refractivity contribution in [3.8, 4) is 5.69 Å². The zero-order valence-electron chi connectivity index (χ0n) is 16.2. The Bertz CT molecular complexity index is 1050. The Kier molecular flexibility index (Phi) is 4.96. The summed E-state index contributed by atoms with van der Waals surface area (Å²) in [6.07, 6.45) is 3.52. The van der Waals surface area contributed by atoms with Gasteiger partial charge in [-0.15, -0.1) is 0 Å². The SMILES string of the molecule is CN1CCC(N(C)C(=O)c2ccc(-n3cnc4ccccc4c3=O)cc2)CC1. The third kappa shape index (κ3) is 3.43. The molecule has 144 valence electrons. The normalized spacial score (nSPS) is 15.6. The first-order valence-electron chi connectivity index (χ1n) is 9.57. The van der Waals surface area contributed by atoms with Crippen LogP contribution in [0.4, 0.5) is 0 Å². The van der Waals surface area contributed by atoms with Gasteiger partial charge in [-0.25, -0.2) is 4.98 Å². The standard InChI is InChI=1S/C22H24N4O2/c1-24-13-11-17(12-14-24)25(2)21(27)16-7-9-18(10-8-16)26-15-23-20-6-4-3-5-19(20)22(26)28/h3-10,15,17H,11-14H2,1-2H3. The number of hydrogen-bond donors (Lipinski definition) is 0. The number of carbonyl (C=O) groups is 1. The molecule has 6 nitrogen and oxygen atoms in total. The molecule has 1 amide bonds. The Morgan fingerprint density at radius 3 is 2.46 bits per heavy atom. The van der Waals surface area contributed by atoms with Crippen LogP contribution in [0.2, 0.25) is 0 Å². The number of carbonyl (C=O) groups excluding carboxylic acids is 1. The molecule has 28 heavy (non-hydrogen) atoms. The van der Waals surface area contributed by atoms with E-state index in [9.17, 15) is 9.59 Å². The number of aromatic nitrogens is 2. The van der Waals surface area contributed by atoms with Gasteiger partial charge < -0.3 is 9.80 Å². The van der Waals surface area contributed by atoms with Crippen LogP contribution >= 0.6 is 0 Å². The average Bonchev–Trinajstić information content (AvgIpc) is 2.74. The lowest BCUT2D eigenvalue weighted by molar-refractivity contribution is 0.0659. The van der Waals surface area contributed by atoms with Gasteiger partial charge in [-0.05, 0) is 69.4 Å².